The number of amidine groups is 1. The predicted molar refractivity (Wildman–Crippen MR) is 116 cm³/mol. The van der Waals surface area contributed by atoms with E-state index in [9.17, 15) is 4.79 Å². The Kier molecular flexibility index (Phi) is 8.26. The van der Waals surface area contributed by atoms with E-state index in [0.29, 0.717) is 30.9 Å². The first-order valence-corrected chi connectivity index (χ1v) is 9.39. The third-order valence-corrected chi connectivity index (χ3v) is 4.64. The summed E-state index contributed by atoms with van der Waals surface area (Å²) in [6.07, 6.45) is 1.76. The summed E-state index contributed by atoms with van der Waals surface area (Å²) in [5, 5.41) is 10.4. The van der Waals surface area contributed by atoms with Crippen molar-refractivity contribution < 1.29 is 19.0 Å². The number of amides is 1. The molecule has 2 aromatic rings. The molecule has 0 unspecified atom stereocenters. The molecule has 2 aromatic carbocycles. The van der Waals surface area contributed by atoms with Gasteiger partial charge in [0, 0.05) is 25.1 Å². The quantitative estimate of drug-likeness (QED) is 0.418. The standard InChI is InChI=1S/C22H25N3O4.ClH/c1-2-29-22(19-14-27-15-28-19,12-16-6-4-3-5-7-16)21(26)25-13-17-8-10-18(11-9-17)20(23)24;/h3-11,14H,2,12-13,15H2,1H3,(H3,23,24)(H,25,26);1H/t22-;/m0./s1. The molecule has 30 heavy (non-hydrogen) atoms. The molecule has 3 rings (SSSR count). The molecule has 8 heteroatoms. The topological polar surface area (TPSA) is 107 Å². The maximum absolute atomic E-state index is 13.3. The first-order valence-electron chi connectivity index (χ1n) is 9.39. The summed E-state index contributed by atoms with van der Waals surface area (Å²) in [7, 11) is 0. The lowest BCUT2D eigenvalue weighted by Gasteiger charge is -2.32. The van der Waals surface area contributed by atoms with Crippen molar-refractivity contribution in [1.82, 2.24) is 5.32 Å². The molecule has 0 aromatic heterocycles. The fourth-order valence-electron chi connectivity index (χ4n) is 3.18. The van der Waals surface area contributed by atoms with Gasteiger partial charge >= 0.3 is 0 Å². The monoisotopic (exact) mass is 431 g/mol. The number of halogens is 1. The molecule has 0 radical (unpaired) electrons. The summed E-state index contributed by atoms with van der Waals surface area (Å²) >= 11 is 0. The second-order valence-corrected chi connectivity index (χ2v) is 6.63. The van der Waals surface area contributed by atoms with E-state index >= 15 is 0 Å². The molecule has 0 saturated carbocycles. The lowest BCUT2D eigenvalue weighted by molar-refractivity contribution is -0.147. The number of carbonyl (C=O) groups is 1. The van der Waals surface area contributed by atoms with Crippen molar-refractivity contribution in [3.63, 3.8) is 0 Å². The largest absolute Gasteiger partial charge is 0.461 e. The number of ether oxygens (including phenoxy) is 3. The minimum atomic E-state index is -1.33. The van der Waals surface area contributed by atoms with Gasteiger partial charge in [-0.2, -0.15) is 0 Å². The van der Waals surface area contributed by atoms with E-state index in [1.54, 1.807) is 12.1 Å². The number of nitrogens with one attached hydrogen (secondary N) is 2. The van der Waals surface area contributed by atoms with Crippen LogP contribution in [0.3, 0.4) is 0 Å². The summed E-state index contributed by atoms with van der Waals surface area (Å²) in [6, 6.07) is 16.8. The zero-order valence-corrected chi connectivity index (χ0v) is 17.5. The van der Waals surface area contributed by atoms with Crippen molar-refractivity contribution in [2.45, 2.75) is 25.5 Å². The van der Waals surface area contributed by atoms with Crippen LogP contribution in [0.25, 0.3) is 0 Å². The van der Waals surface area contributed by atoms with Crippen LogP contribution in [-0.4, -0.2) is 30.7 Å². The molecule has 0 spiro atoms. The van der Waals surface area contributed by atoms with Gasteiger partial charge in [0.25, 0.3) is 5.91 Å². The lowest BCUT2D eigenvalue weighted by Crippen LogP contribution is -2.52. The summed E-state index contributed by atoms with van der Waals surface area (Å²) in [4.78, 5) is 13.3. The fraction of sp³-hybridized carbons (Fsp3) is 0.273. The van der Waals surface area contributed by atoms with Crippen LogP contribution in [0.15, 0.2) is 66.6 Å². The summed E-state index contributed by atoms with van der Waals surface area (Å²) in [5.74, 6) is 0.0485. The van der Waals surface area contributed by atoms with Crippen LogP contribution in [0, 0.1) is 5.41 Å². The molecule has 0 aliphatic carbocycles. The van der Waals surface area contributed by atoms with E-state index in [1.807, 2.05) is 49.4 Å². The fourth-order valence-corrected chi connectivity index (χ4v) is 3.18. The van der Waals surface area contributed by atoms with Crippen LogP contribution >= 0.6 is 12.4 Å². The number of benzene rings is 2. The van der Waals surface area contributed by atoms with Crippen LogP contribution in [0.5, 0.6) is 0 Å². The maximum Gasteiger partial charge on any atom is 0.260 e. The Bertz CT molecular complexity index is 887. The highest BCUT2D eigenvalue weighted by Gasteiger charge is 2.46. The van der Waals surface area contributed by atoms with Crippen molar-refractivity contribution in [3.05, 3.63) is 83.3 Å². The number of hydrogen-bond donors (Lipinski definition) is 3. The predicted octanol–water partition coefficient (Wildman–Crippen LogP) is 2.87. The van der Waals surface area contributed by atoms with Crippen molar-refractivity contribution in [2.75, 3.05) is 13.4 Å². The minimum absolute atomic E-state index is 0. The first kappa shape index (κ1) is 23.3. The molecule has 0 saturated heterocycles. The number of nitrogens with two attached hydrogens (primary N) is 1. The van der Waals surface area contributed by atoms with Gasteiger partial charge in [-0.15, -0.1) is 12.4 Å². The van der Waals surface area contributed by atoms with Gasteiger partial charge in [0.2, 0.25) is 12.4 Å². The molecule has 0 bridgehead atoms. The Balaban J connectivity index is 0.00000320. The number of hydrogen-bond acceptors (Lipinski definition) is 5. The van der Waals surface area contributed by atoms with Gasteiger partial charge in [-0.3, -0.25) is 10.2 Å². The van der Waals surface area contributed by atoms with Gasteiger partial charge in [0.05, 0.1) is 0 Å². The van der Waals surface area contributed by atoms with Gasteiger partial charge in [-0.05, 0) is 18.1 Å². The van der Waals surface area contributed by atoms with E-state index in [-0.39, 0.29) is 30.9 Å². The molecular weight excluding hydrogens is 406 g/mol. The third-order valence-electron chi connectivity index (χ3n) is 4.64. The second kappa shape index (κ2) is 10.7. The third kappa shape index (κ3) is 5.31. The molecular formula is C22H26ClN3O4. The van der Waals surface area contributed by atoms with Crippen LogP contribution in [0.2, 0.25) is 0 Å². The average molecular weight is 432 g/mol. The van der Waals surface area contributed by atoms with Crippen molar-refractivity contribution >= 4 is 24.1 Å². The van der Waals surface area contributed by atoms with Crippen LogP contribution in [0.4, 0.5) is 0 Å². The Hall–Kier alpha value is -3.03. The summed E-state index contributed by atoms with van der Waals surface area (Å²) in [6.45, 7) is 2.52. The molecule has 7 nitrogen and oxygen atoms in total. The highest BCUT2D eigenvalue weighted by molar-refractivity contribution is 5.95. The van der Waals surface area contributed by atoms with Crippen LogP contribution in [-0.2, 0) is 32.0 Å². The molecule has 1 atom stereocenters. The Morgan fingerprint density at radius 3 is 2.43 bits per heavy atom. The Labute approximate surface area is 182 Å². The molecule has 1 aliphatic rings. The highest BCUT2D eigenvalue weighted by Crippen LogP contribution is 2.31. The lowest BCUT2D eigenvalue weighted by atomic mass is 9.91. The van der Waals surface area contributed by atoms with Gasteiger partial charge in [0.1, 0.15) is 12.1 Å². The normalized spacial score (nSPS) is 14.4. The molecule has 160 valence electrons. The SMILES string of the molecule is CCO[C@](Cc1ccccc1)(C(=O)NCc1ccc(C(=N)N)cc1)C1=COCO1.Cl. The number of carbonyl (C=O) groups excluding carboxylic acids is 1. The zero-order chi connectivity index (χ0) is 20.7. The molecule has 1 aliphatic heterocycles. The van der Waals surface area contributed by atoms with E-state index in [4.69, 9.17) is 25.4 Å². The number of rotatable bonds is 9. The Morgan fingerprint density at radius 2 is 1.87 bits per heavy atom. The number of nitrogen functional groups attached to an aromatic ring is 1. The van der Waals surface area contributed by atoms with E-state index in [1.165, 1.54) is 6.26 Å². The molecule has 0 fully saturated rings. The van der Waals surface area contributed by atoms with Crippen LogP contribution < -0.4 is 11.1 Å². The van der Waals surface area contributed by atoms with Crippen LogP contribution in [0.1, 0.15) is 23.6 Å². The van der Waals surface area contributed by atoms with E-state index in [2.05, 4.69) is 5.32 Å². The van der Waals surface area contributed by atoms with Gasteiger partial charge in [-0.25, -0.2) is 0 Å². The highest BCUT2D eigenvalue weighted by atomic mass is 35.5. The van der Waals surface area contributed by atoms with Crippen molar-refractivity contribution in [2.24, 2.45) is 5.73 Å². The minimum Gasteiger partial charge on any atom is -0.461 e. The zero-order valence-electron chi connectivity index (χ0n) is 16.7. The second-order valence-electron chi connectivity index (χ2n) is 6.63. The van der Waals surface area contributed by atoms with Crippen molar-refractivity contribution in [1.29, 1.82) is 5.41 Å². The van der Waals surface area contributed by atoms with E-state index < -0.39 is 5.60 Å². The summed E-state index contributed by atoms with van der Waals surface area (Å²) < 4.78 is 16.8. The molecule has 4 N–H and O–H groups in total. The van der Waals surface area contributed by atoms with Gasteiger partial charge in [0.15, 0.2) is 5.76 Å². The summed E-state index contributed by atoms with van der Waals surface area (Å²) in [5.41, 5.74) is 6.61. The van der Waals surface area contributed by atoms with Gasteiger partial charge < -0.3 is 25.3 Å². The van der Waals surface area contributed by atoms with Crippen molar-refractivity contribution in [3.8, 4) is 0 Å². The van der Waals surface area contributed by atoms with Gasteiger partial charge in [-0.1, -0.05) is 54.6 Å². The molecule has 1 amide bonds. The first-order chi connectivity index (χ1) is 14.0. The Morgan fingerprint density at radius 1 is 1.17 bits per heavy atom. The molecule has 1 heterocycles. The average Bonchev–Trinajstić information content (AvgIpc) is 3.28. The van der Waals surface area contributed by atoms with E-state index in [0.717, 1.165) is 11.1 Å². The smallest absolute Gasteiger partial charge is 0.260 e. The maximum atomic E-state index is 13.3.